The lowest BCUT2D eigenvalue weighted by Gasteiger charge is -2.10. The van der Waals surface area contributed by atoms with E-state index in [0.717, 1.165) is 5.56 Å². The molecule has 0 aliphatic heterocycles. The summed E-state index contributed by atoms with van der Waals surface area (Å²) in [5.41, 5.74) is 0.779. The molecular formula is C16H16N2O5. The highest BCUT2D eigenvalue weighted by Crippen LogP contribution is 2.25. The minimum Gasteiger partial charge on any atom is -0.493 e. The number of hydrogen-bond acceptors (Lipinski definition) is 5. The molecule has 0 saturated heterocycles. The molecule has 0 aromatic heterocycles. The fourth-order valence-corrected chi connectivity index (χ4v) is 1.87. The standard InChI is InChI=1S/C16H16N2O5/c1-22-14-4-2-3-5-15(14)23-11-16(19)17-10-12-6-8-13(9-7-12)18(20)21/h2-9H,10-11H2,1H3,(H,17,19). The van der Waals surface area contributed by atoms with Crippen LogP contribution in [-0.2, 0) is 11.3 Å². The van der Waals surface area contributed by atoms with Gasteiger partial charge in [0.2, 0.25) is 0 Å². The summed E-state index contributed by atoms with van der Waals surface area (Å²) in [6, 6.07) is 13.0. The third-order valence-electron chi connectivity index (χ3n) is 3.06. The van der Waals surface area contributed by atoms with E-state index < -0.39 is 4.92 Å². The summed E-state index contributed by atoms with van der Waals surface area (Å²) in [5.74, 6) is 0.741. The summed E-state index contributed by atoms with van der Waals surface area (Å²) in [4.78, 5) is 21.9. The van der Waals surface area contributed by atoms with Gasteiger partial charge < -0.3 is 14.8 Å². The predicted molar refractivity (Wildman–Crippen MR) is 83.4 cm³/mol. The molecule has 0 bridgehead atoms. The van der Waals surface area contributed by atoms with Crippen LogP contribution in [0.1, 0.15) is 5.56 Å². The van der Waals surface area contributed by atoms with Crippen LogP contribution >= 0.6 is 0 Å². The molecule has 0 spiro atoms. The molecule has 0 saturated carbocycles. The maximum Gasteiger partial charge on any atom is 0.269 e. The topological polar surface area (TPSA) is 90.7 Å². The molecule has 0 aliphatic carbocycles. The van der Waals surface area contributed by atoms with Gasteiger partial charge in [0.25, 0.3) is 11.6 Å². The van der Waals surface area contributed by atoms with Gasteiger partial charge in [0, 0.05) is 18.7 Å². The summed E-state index contributed by atoms with van der Waals surface area (Å²) in [6.07, 6.45) is 0. The molecule has 0 fully saturated rings. The van der Waals surface area contributed by atoms with E-state index in [0.29, 0.717) is 11.5 Å². The number of nitrogens with one attached hydrogen (secondary N) is 1. The van der Waals surface area contributed by atoms with Gasteiger partial charge in [-0.3, -0.25) is 14.9 Å². The summed E-state index contributed by atoms with van der Waals surface area (Å²) in [6.45, 7) is 0.124. The second kappa shape index (κ2) is 7.79. The zero-order valence-electron chi connectivity index (χ0n) is 12.5. The van der Waals surface area contributed by atoms with Crippen molar-refractivity contribution in [1.29, 1.82) is 0 Å². The summed E-state index contributed by atoms with van der Waals surface area (Å²) in [5, 5.41) is 13.2. The molecule has 7 heteroatoms. The quantitative estimate of drug-likeness (QED) is 0.625. The zero-order valence-corrected chi connectivity index (χ0v) is 12.5. The number of amides is 1. The van der Waals surface area contributed by atoms with Gasteiger partial charge >= 0.3 is 0 Å². The molecule has 0 aliphatic rings. The van der Waals surface area contributed by atoms with Gasteiger partial charge in [-0.1, -0.05) is 24.3 Å². The monoisotopic (exact) mass is 316 g/mol. The van der Waals surface area contributed by atoms with Crippen LogP contribution < -0.4 is 14.8 Å². The molecule has 23 heavy (non-hydrogen) atoms. The Morgan fingerprint density at radius 2 is 1.78 bits per heavy atom. The van der Waals surface area contributed by atoms with Gasteiger partial charge in [-0.2, -0.15) is 0 Å². The first-order valence-electron chi connectivity index (χ1n) is 6.86. The van der Waals surface area contributed by atoms with E-state index in [9.17, 15) is 14.9 Å². The molecule has 0 radical (unpaired) electrons. The molecule has 2 aromatic carbocycles. The van der Waals surface area contributed by atoms with Crippen molar-refractivity contribution in [3.8, 4) is 11.5 Å². The fourth-order valence-electron chi connectivity index (χ4n) is 1.87. The number of ether oxygens (including phenoxy) is 2. The smallest absolute Gasteiger partial charge is 0.269 e. The minimum absolute atomic E-state index is 0.0135. The summed E-state index contributed by atoms with van der Waals surface area (Å²) < 4.78 is 10.5. The largest absolute Gasteiger partial charge is 0.493 e. The number of non-ortho nitro benzene ring substituents is 1. The van der Waals surface area contributed by atoms with Crippen molar-refractivity contribution in [3.63, 3.8) is 0 Å². The first kappa shape index (κ1) is 16.3. The predicted octanol–water partition coefficient (Wildman–Crippen LogP) is 2.30. The van der Waals surface area contributed by atoms with Crippen LogP contribution in [0.2, 0.25) is 0 Å². The van der Waals surface area contributed by atoms with Crippen LogP contribution in [0.25, 0.3) is 0 Å². The van der Waals surface area contributed by atoms with E-state index in [-0.39, 0.29) is 24.7 Å². The number of hydrogen-bond donors (Lipinski definition) is 1. The van der Waals surface area contributed by atoms with Crippen molar-refractivity contribution in [2.24, 2.45) is 0 Å². The van der Waals surface area contributed by atoms with Crippen molar-refractivity contribution in [1.82, 2.24) is 5.32 Å². The number of nitro benzene ring substituents is 1. The number of rotatable bonds is 7. The number of carbonyl (C=O) groups excluding carboxylic acids is 1. The maximum absolute atomic E-state index is 11.8. The van der Waals surface area contributed by atoms with E-state index in [1.807, 2.05) is 0 Å². The SMILES string of the molecule is COc1ccccc1OCC(=O)NCc1ccc([N+](=O)[O-])cc1. The van der Waals surface area contributed by atoms with Gasteiger partial charge in [-0.25, -0.2) is 0 Å². The Kier molecular flexibility index (Phi) is 5.51. The Balaban J connectivity index is 1.82. The first-order valence-corrected chi connectivity index (χ1v) is 6.86. The Labute approximate surface area is 133 Å². The number of carbonyl (C=O) groups is 1. The van der Waals surface area contributed by atoms with Crippen molar-refractivity contribution >= 4 is 11.6 Å². The zero-order chi connectivity index (χ0) is 16.7. The number of benzene rings is 2. The second-order valence-electron chi connectivity index (χ2n) is 4.64. The van der Waals surface area contributed by atoms with Crippen LogP contribution in [0.15, 0.2) is 48.5 Å². The first-order chi connectivity index (χ1) is 11.1. The van der Waals surface area contributed by atoms with Crippen molar-refractivity contribution in [2.45, 2.75) is 6.54 Å². The van der Waals surface area contributed by atoms with Crippen LogP contribution in [0.5, 0.6) is 11.5 Å². The van der Waals surface area contributed by atoms with Gasteiger partial charge in [0.15, 0.2) is 18.1 Å². The molecule has 0 heterocycles. The average Bonchev–Trinajstić information content (AvgIpc) is 2.58. The molecule has 7 nitrogen and oxygen atoms in total. The average molecular weight is 316 g/mol. The van der Waals surface area contributed by atoms with Crippen molar-refractivity contribution in [3.05, 3.63) is 64.2 Å². The van der Waals surface area contributed by atoms with Gasteiger partial charge in [-0.15, -0.1) is 0 Å². The van der Waals surface area contributed by atoms with Gasteiger partial charge in [0.1, 0.15) is 0 Å². The van der Waals surface area contributed by atoms with E-state index >= 15 is 0 Å². The van der Waals surface area contributed by atoms with Gasteiger partial charge in [0.05, 0.1) is 12.0 Å². The maximum atomic E-state index is 11.8. The number of para-hydroxylation sites is 2. The molecule has 2 rings (SSSR count). The highest BCUT2D eigenvalue weighted by Gasteiger charge is 2.08. The van der Waals surface area contributed by atoms with E-state index in [4.69, 9.17) is 9.47 Å². The van der Waals surface area contributed by atoms with Crippen molar-refractivity contribution < 1.29 is 19.2 Å². The number of methoxy groups -OCH3 is 1. The van der Waals surface area contributed by atoms with Crippen LogP contribution in [0.3, 0.4) is 0 Å². The highest BCUT2D eigenvalue weighted by molar-refractivity contribution is 5.77. The summed E-state index contributed by atoms with van der Waals surface area (Å²) in [7, 11) is 1.52. The second-order valence-corrected chi connectivity index (χ2v) is 4.64. The highest BCUT2D eigenvalue weighted by atomic mass is 16.6. The van der Waals surface area contributed by atoms with E-state index in [1.54, 1.807) is 36.4 Å². The Morgan fingerprint density at radius 3 is 2.39 bits per heavy atom. The van der Waals surface area contributed by atoms with Crippen LogP contribution in [0.4, 0.5) is 5.69 Å². The molecule has 120 valence electrons. The Bertz CT molecular complexity index is 685. The lowest BCUT2D eigenvalue weighted by Crippen LogP contribution is -2.28. The van der Waals surface area contributed by atoms with Crippen LogP contribution in [-0.4, -0.2) is 24.5 Å². The molecule has 1 N–H and O–H groups in total. The lowest BCUT2D eigenvalue weighted by molar-refractivity contribution is -0.384. The third kappa shape index (κ3) is 4.70. The van der Waals surface area contributed by atoms with E-state index in [1.165, 1.54) is 19.2 Å². The molecule has 0 unspecified atom stereocenters. The number of nitrogens with zero attached hydrogens (tertiary/aromatic N) is 1. The molecule has 1 amide bonds. The summed E-state index contributed by atoms with van der Waals surface area (Å²) >= 11 is 0. The minimum atomic E-state index is -0.469. The Hall–Kier alpha value is -3.09. The Morgan fingerprint density at radius 1 is 1.13 bits per heavy atom. The van der Waals surface area contributed by atoms with E-state index in [2.05, 4.69) is 5.32 Å². The van der Waals surface area contributed by atoms with Crippen LogP contribution in [0, 0.1) is 10.1 Å². The third-order valence-corrected chi connectivity index (χ3v) is 3.06. The van der Waals surface area contributed by atoms with Crippen molar-refractivity contribution in [2.75, 3.05) is 13.7 Å². The number of nitro groups is 1. The van der Waals surface area contributed by atoms with Gasteiger partial charge in [-0.05, 0) is 17.7 Å². The molecular weight excluding hydrogens is 300 g/mol. The lowest BCUT2D eigenvalue weighted by atomic mass is 10.2. The fraction of sp³-hybridized carbons (Fsp3) is 0.188. The normalized spacial score (nSPS) is 9.96. The molecule has 0 atom stereocenters. The molecule has 2 aromatic rings.